The summed E-state index contributed by atoms with van der Waals surface area (Å²) in [4.78, 5) is 15.1. The van der Waals surface area contributed by atoms with E-state index in [9.17, 15) is 4.79 Å². The number of carbonyl (C=O) groups excluding carboxylic acids is 1. The molecule has 2 aliphatic heterocycles. The molecule has 0 aromatic heterocycles. The maximum atomic E-state index is 12.7. The van der Waals surface area contributed by atoms with Gasteiger partial charge in [0.25, 0.3) is 0 Å². The molecule has 0 N–H and O–H groups in total. The van der Waals surface area contributed by atoms with Gasteiger partial charge < -0.3 is 23.8 Å². The van der Waals surface area contributed by atoms with Gasteiger partial charge in [-0.15, -0.1) is 0 Å². The van der Waals surface area contributed by atoms with Crippen molar-refractivity contribution in [1.29, 1.82) is 0 Å². The number of hydrogen-bond donors (Lipinski definition) is 0. The predicted octanol–water partition coefficient (Wildman–Crippen LogP) is 4.75. The summed E-state index contributed by atoms with van der Waals surface area (Å²) in [5, 5.41) is 0. The summed E-state index contributed by atoms with van der Waals surface area (Å²) >= 11 is 0. The van der Waals surface area contributed by atoms with Gasteiger partial charge in [0.15, 0.2) is 11.5 Å². The summed E-state index contributed by atoms with van der Waals surface area (Å²) in [6.45, 7) is 10.2. The molecule has 0 amide bonds. The molecule has 2 aliphatic rings. The van der Waals surface area contributed by atoms with Crippen LogP contribution in [0.4, 0.5) is 0 Å². The molecule has 0 saturated heterocycles. The minimum absolute atomic E-state index is 0.204. The molecule has 1 unspecified atom stereocenters. The Kier molecular flexibility index (Phi) is 6.39. The summed E-state index contributed by atoms with van der Waals surface area (Å²) in [7, 11) is 5.40. The van der Waals surface area contributed by atoms with Gasteiger partial charge in [-0.3, -0.25) is 0 Å². The molecule has 176 valence electrons. The highest BCUT2D eigenvalue weighted by Crippen LogP contribution is 2.56. The lowest BCUT2D eigenvalue weighted by Gasteiger charge is -2.36. The van der Waals surface area contributed by atoms with E-state index in [-0.39, 0.29) is 23.6 Å². The molecule has 3 atom stereocenters. The van der Waals surface area contributed by atoms with Gasteiger partial charge in [-0.2, -0.15) is 0 Å². The van der Waals surface area contributed by atoms with Crippen molar-refractivity contribution in [1.82, 2.24) is 4.90 Å². The van der Waals surface area contributed by atoms with Gasteiger partial charge in [0.2, 0.25) is 0 Å². The summed E-state index contributed by atoms with van der Waals surface area (Å²) in [6.07, 6.45) is 0.890. The molecule has 6 heteroatoms. The smallest absolute Gasteiger partial charge is 0.338 e. The Balaban J connectivity index is 1.61. The van der Waals surface area contributed by atoms with Crippen LogP contribution in [0.25, 0.3) is 0 Å². The number of nitrogens with zero attached hydrogens (tertiary/aromatic N) is 1. The Morgan fingerprint density at radius 3 is 2.58 bits per heavy atom. The molecule has 0 spiro atoms. The number of carbonyl (C=O) groups is 1. The molecule has 0 fully saturated rings. The van der Waals surface area contributed by atoms with Crippen LogP contribution in [0.2, 0.25) is 0 Å². The Bertz CT molecular complexity index is 1050. The van der Waals surface area contributed by atoms with Gasteiger partial charge in [-0.05, 0) is 69.8 Å². The molecular formula is C27H33NO5. The number of methoxy groups -OCH3 is 2. The largest absolute Gasteiger partial charge is 0.497 e. The Hall–Kier alpha value is -2.99. The van der Waals surface area contributed by atoms with Crippen LogP contribution in [0, 0.1) is 0 Å². The number of esters is 1. The van der Waals surface area contributed by atoms with E-state index in [0.717, 1.165) is 36.6 Å². The molecule has 2 aromatic carbocycles. The monoisotopic (exact) mass is 451 g/mol. The van der Waals surface area contributed by atoms with E-state index in [1.807, 2.05) is 13.0 Å². The van der Waals surface area contributed by atoms with E-state index in [1.165, 1.54) is 11.1 Å². The summed E-state index contributed by atoms with van der Waals surface area (Å²) < 4.78 is 23.2. The minimum atomic E-state index is -0.357. The SMILES string of the molecule is C=C(C)[C@@]12CCN(C)Cc3ccc(OC)c(c31)OC2C[C@H](C)OC(=O)c1ccc(OC)cc1. The van der Waals surface area contributed by atoms with Crippen molar-refractivity contribution in [2.45, 2.75) is 50.9 Å². The summed E-state index contributed by atoms with van der Waals surface area (Å²) in [5.41, 5.74) is 3.61. The van der Waals surface area contributed by atoms with Crippen LogP contribution in [0.3, 0.4) is 0 Å². The lowest BCUT2D eigenvalue weighted by Crippen LogP contribution is -2.42. The average molecular weight is 452 g/mol. The topological polar surface area (TPSA) is 57.2 Å². The standard InChI is InChI=1S/C27H33NO5/c1-17(2)27-13-14-28(4)16-20-9-12-22(31-6)25(24(20)27)33-23(27)15-18(3)32-26(29)19-7-10-21(30-5)11-8-19/h7-12,18,23H,1,13-16H2,2-6H3/t18-,23?,27+/m0/s1. The van der Waals surface area contributed by atoms with Crippen LogP contribution < -0.4 is 14.2 Å². The molecular weight excluding hydrogens is 418 g/mol. The van der Waals surface area contributed by atoms with Crippen molar-refractivity contribution in [2.75, 3.05) is 27.8 Å². The van der Waals surface area contributed by atoms with Crippen molar-refractivity contribution in [3.8, 4) is 17.2 Å². The van der Waals surface area contributed by atoms with Crippen LogP contribution in [-0.2, 0) is 16.7 Å². The van der Waals surface area contributed by atoms with Gasteiger partial charge in [0.1, 0.15) is 18.0 Å². The highest BCUT2D eigenvalue weighted by Gasteiger charge is 2.53. The van der Waals surface area contributed by atoms with E-state index in [2.05, 4.69) is 31.5 Å². The Labute approximate surface area is 196 Å². The van der Waals surface area contributed by atoms with Gasteiger partial charge >= 0.3 is 5.97 Å². The quantitative estimate of drug-likeness (QED) is 0.447. The molecule has 6 nitrogen and oxygen atoms in total. The average Bonchev–Trinajstić information content (AvgIpc) is 3.03. The van der Waals surface area contributed by atoms with Crippen LogP contribution in [0.1, 0.15) is 48.2 Å². The number of hydrogen-bond acceptors (Lipinski definition) is 6. The molecule has 0 radical (unpaired) electrons. The maximum Gasteiger partial charge on any atom is 0.338 e. The molecule has 0 bridgehead atoms. The molecule has 33 heavy (non-hydrogen) atoms. The fourth-order valence-electron chi connectivity index (χ4n) is 5.21. The zero-order chi connectivity index (χ0) is 23.8. The van der Waals surface area contributed by atoms with Gasteiger partial charge in [0, 0.05) is 18.5 Å². The second-order valence-corrected chi connectivity index (χ2v) is 9.16. The first-order valence-electron chi connectivity index (χ1n) is 11.4. The molecule has 0 saturated carbocycles. The highest BCUT2D eigenvalue weighted by molar-refractivity contribution is 5.89. The van der Waals surface area contributed by atoms with Crippen molar-refractivity contribution < 1.29 is 23.7 Å². The minimum Gasteiger partial charge on any atom is -0.497 e. The second kappa shape index (κ2) is 9.10. The van der Waals surface area contributed by atoms with Gasteiger partial charge in [-0.25, -0.2) is 4.79 Å². The predicted molar refractivity (Wildman–Crippen MR) is 127 cm³/mol. The number of benzene rings is 2. The third-order valence-corrected chi connectivity index (χ3v) is 6.95. The van der Waals surface area contributed by atoms with Gasteiger partial charge in [0.05, 0.1) is 25.2 Å². The third kappa shape index (κ3) is 4.08. The second-order valence-electron chi connectivity index (χ2n) is 9.16. The van der Waals surface area contributed by atoms with Crippen molar-refractivity contribution >= 4 is 5.97 Å². The Morgan fingerprint density at radius 1 is 1.21 bits per heavy atom. The van der Waals surface area contributed by atoms with Crippen LogP contribution >= 0.6 is 0 Å². The van der Waals surface area contributed by atoms with Crippen LogP contribution in [-0.4, -0.2) is 50.9 Å². The number of ether oxygens (including phenoxy) is 4. The fourth-order valence-corrected chi connectivity index (χ4v) is 5.21. The zero-order valence-corrected chi connectivity index (χ0v) is 20.1. The van der Waals surface area contributed by atoms with Crippen LogP contribution in [0.15, 0.2) is 48.6 Å². The highest BCUT2D eigenvalue weighted by atomic mass is 16.6. The van der Waals surface area contributed by atoms with E-state index in [1.54, 1.807) is 38.5 Å². The van der Waals surface area contributed by atoms with E-state index in [4.69, 9.17) is 18.9 Å². The van der Waals surface area contributed by atoms with E-state index in [0.29, 0.717) is 17.7 Å². The zero-order valence-electron chi connectivity index (χ0n) is 20.1. The normalized spacial score (nSPS) is 22.5. The molecule has 2 heterocycles. The van der Waals surface area contributed by atoms with E-state index < -0.39 is 0 Å². The molecule has 4 rings (SSSR count). The maximum absolute atomic E-state index is 12.7. The van der Waals surface area contributed by atoms with E-state index >= 15 is 0 Å². The molecule has 2 aromatic rings. The first-order valence-corrected chi connectivity index (χ1v) is 11.4. The fraction of sp³-hybridized carbons (Fsp3) is 0.444. The third-order valence-electron chi connectivity index (χ3n) is 6.95. The summed E-state index contributed by atoms with van der Waals surface area (Å²) in [6, 6.07) is 11.0. The van der Waals surface area contributed by atoms with Crippen molar-refractivity contribution in [3.05, 3.63) is 65.2 Å². The first kappa shape index (κ1) is 23.2. The lowest BCUT2D eigenvalue weighted by molar-refractivity contribution is 0.0180. The van der Waals surface area contributed by atoms with Crippen molar-refractivity contribution in [2.24, 2.45) is 0 Å². The van der Waals surface area contributed by atoms with Crippen molar-refractivity contribution in [3.63, 3.8) is 0 Å². The lowest BCUT2D eigenvalue weighted by atomic mass is 9.67. The van der Waals surface area contributed by atoms with Gasteiger partial charge in [-0.1, -0.05) is 18.2 Å². The summed E-state index contributed by atoms with van der Waals surface area (Å²) in [5.74, 6) is 1.87. The first-order chi connectivity index (χ1) is 15.8. The Morgan fingerprint density at radius 2 is 1.94 bits per heavy atom. The molecule has 0 aliphatic carbocycles. The number of rotatable bonds is 7. The van der Waals surface area contributed by atoms with Crippen LogP contribution in [0.5, 0.6) is 17.2 Å².